The Morgan fingerprint density at radius 1 is 1.00 bits per heavy atom. The van der Waals surface area contributed by atoms with Crippen molar-refractivity contribution in [3.05, 3.63) is 48.0 Å². The summed E-state index contributed by atoms with van der Waals surface area (Å²) < 4.78 is 0. The number of fused-ring (bicyclic) bond motifs is 1. The Labute approximate surface area is 75.4 Å². The minimum absolute atomic E-state index is 0.470. The van der Waals surface area contributed by atoms with E-state index in [-0.39, 0.29) is 0 Å². The van der Waals surface area contributed by atoms with Crippen molar-refractivity contribution in [3.8, 4) is 0 Å². The van der Waals surface area contributed by atoms with Crippen molar-refractivity contribution in [2.75, 3.05) is 0 Å². The second-order valence-electron chi connectivity index (χ2n) is 2.86. The molecule has 0 atom stereocenters. The Morgan fingerprint density at radius 2 is 1.69 bits per heavy atom. The van der Waals surface area contributed by atoms with Gasteiger partial charge in [0.05, 0.1) is 0 Å². The van der Waals surface area contributed by atoms with Gasteiger partial charge in [-0.2, -0.15) is 0 Å². The zero-order chi connectivity index (χ0) is 9.26. The average molecular weight is 173 g/mol. The monoisotopic (exact) mass is 173 g/mol. The van der Waals surface area contributed by atoms with E-state index in [1.807, 2.05) is 30.3 Å². The third kappa shape index (κ3) is 1.26. The van der Waals surface area contributed by atoms with Crippen molar-refractivity contribution in [1.29, 1.82) is 0 Å². The number of hydrogen-bond acceptors (Lipinski definition) is 1. The molecular weight excluding hydrogens is 164 g/mol. The largest absolute Gasteiger partial charge is 0.561 e. The average Bonchev–Trinajstić information content (AvgIpc) is 2.17. The fraction of sp³-hybridized carbons (Fsp3) is 0. The SMILES string of the molecule is O=C([OH2+])c1cccc2ccccc12. The highest BCUT2D eigenvalue weighted by atomic mass is 16.4. The minimum Gasteiger partial charge on any atom is -0.561 e. The molecule has 0 unspecified atom stereocenters. The summed E-state index contributed by atoms with van der Waals surface area (Å²) in [6.07, 6.45) is 0. The van der Waals surface area contributed by atoms with E-state index in [0.717, 1.165) is 10.8 Å². The van der Waals surface area contributed by atoms with Crippen molar-refractivity contribution < 1.29 is 9.90 Å². The fourth-order valence-electron chi connectivity index (χ4n) is 1.42. The molecule has 0 aliphatic carbocycles. The van der Waals surface area contributed by atoms with Gasteiger partial charge in [-0.3, -0.25) is 0 Å². The number of rotatable bonds is 1. The van der Waals surface area contributed by atoms with E-state index in [4.69, 9.17) is 5.11 Å². The smallest absolute Gasteiger partial charge is 0.549 e. The minimum atomic E-state index is -0.628. The molecule has 2 nitrogen and oxygen atoms in total. The maximum absolute atomic E-state index is 10.9. The highest BCUT2D eigenvalue weighted by Crippen LogP contribution is 2.17. The van der Waals surface area contributed by atoms with Crippen LogP contribution in [0.25, 0.3) is 10.8 Å². The molecule has 0 bridgehead atoms. The maximum atomic E-state index is 10.9. The van der Waals surface area contributed by atoms with Gasteiger partial charge in [0.2, 0.25) is 0 Å². The summed E-state index contributed by atoms with van der Waals surface area (Å²) in [7, 11) is 0. The van der Waals surface area contributed by atoms with Gasteiger partial charge in [0, 0.05) is 10.2 Å². The van der Waals surface area contributed by atoms with Crippen LogP contribution in [0.15, 0.2) is 42.5 Å². The van der Waals surface area contributed by atoms with E-state index in [1.54, 1.807) is 12.1 Å². The summed E-state index contributed by atoms with van der Waals surface area (Å²) in [6, 6.07) is 13.0. The van der Waals surface area contributed by atoms with Crippen molar-refractivity contribution in [2.24, 2.45) is 0 Å². The topological polar surface area (TPSA) is 40.0 Å². The first-order valence-corrected chi connectivity index (χ1v) is 4.03. The first-order chi connectivity index (χ1) is 6.29. The summed E-state index contributed by atoms with van der Waals surface area (Å²) in [6.45, 7) is 0. The molecule has 64 valence electrons. The van der Waals surface area contributed by atoms with E-state index in [0.29, 0.717) is 5.56 Å². The second kappa shape index (κ2) is 2.90. The van der Waals surface area contributed by atoms with Crippen LogP contribution in [0.2, 0.25) is 0 Å². The molecule has 0 amide bonds. The number of benzene rings is 2. The highest BCUT2D eigenvalue weighted by Gasteiger charge is 2.13. The van der Waals surface area contributed by atoms with Crippen LogP contribution in [0.1, 0.15) is 10.4 Å². The second-order valence-corrected chi connectivity index (χ2v) is 2.86. The van der Waals surface area contributed by atoms with Gasteiger partial charge < -0.3 is 5.11 Å². The predicted octanol–water partition coefficient (Wildman–Crippen LogP) is 1.70. The van der Waals surface area contributed by atoms with Gasteiger partial charge in [0.25, 0.3) is 0 Å². The molecule has 13 heavy (non-hydrogen) atoms. The van der Waals surface area contributed by atoms with Gasteiger partial charge >= 0.3 is 5.97 Å². The van der Waals surface area contributed by atoms with E-state index in [1.165, 1.54) is 0 Å². The first kappa shape index (κ1) is 7.80. The zero-order valence-corrected chi connectivity index (χ0v) is 6.95. The molecule has 2 rings (SSSR count). The molecule has 2 heteroatoms. The lowest BCUT2D eigenvalue weighted by molar-refractivity contribution is 0.0699. The quantitative estimate of drug-likeness (QED) is 0.605. The van der Waals surface area contributed by atoms with Crippen molar-refractivity contribution in [1.82, 2.24) is 0 Å². The van der Waals surface area contributed by atoms with Crippen LogP contribution >= 0.6 is 0 Å². The molecule has 0 aliphatic heterocycles. The van der Waals surface area contributed by atoms with Crippen LogP contribution < -0.4 is 0 Å². The third-order valence-electron chi connectivity index (χ3n) is 2.03. The third-order valence-corrected chi connectivity index (χ3v) is 2.03. The Morgan fingerprint density at radius 3 is 2.46 bits per heavy atom. The number of hydrogen-bond donors (Lipinski definition) is 0. The van der Waals surface area contributed by atoms with Gasteiger partial charge in [-0.1, -0.05) is 36.4 Å². The summed E-state index contributed by atoms with van der Waals surface area (Å²) in [5.41, 5.74) is 0.470. The standard InChI is InChI=1S/C11H8O2/c12-11(13)10-7-3-5-8-4-1-2-6-9(8)10/h1-7H,(H,12,13)/p+1. The first-order valence-electron chi connectivity index (χ1n) is 4.03. The normalized spacial score (nSPS) is 10.2. The summed E-state index contributed by atoms with van der Waals surface area (Å²) in [4.78, 5) is 10.9. The van der Waals surface area contributed by atoms with Crippen molar-refractivity contribution in [3.63, 3.8) is 0 Å². The van der Waals surface area contributed by atoms with Gasteiger partial charge in [-0.05, 0) is 11.5 Å². The van der Waals surface area contributed by atoms with Gasteiger partial charge in [-0.15, -0.1) is 0 Å². The van der Waals surface area contributed by atoms with Crippen LogP contribution in [0.4, 0.5) is 0 Å². The molecule has 2 aromatic carbocycles. The fourth-order valence-corrected chi connectivity index (χ4v) is 1.42. The lowest BCUT2D eigenvalue weighted by Gasteiger charge is -1.97. The molecule has 2 aromatic rings. The van der Waals surface area contributed by atoms with E-state index >= 15 is 0 Å². The molecule has 0 fully saturated rings. The van der Waals surface area contributed by atoms with E-state index in [2.05, 4.69) is 0 Å². The number of carbonyl (C=O) groups is 1. The molecular formula is C11H9O2+. The Balaban J connectivity index is 2.83. The van der Waals surface area contributed by atoms with Crippen LogP contribution in [0.5, 0.6) is 0 Å². The lowest BCUT2D eigenvalue weighted by Crippen LogP contribution is -1.96. The van der Waals surface area contributed by atoms with Crippen molar-refractivity contribution in [2.45, 2.75) is 0 Å². The Hall–Kier alpha value is -1.83. The predicted molar refractivity (Wildman–Crippen MR) is 51.9 cm³/mol. The molecule has 2 N–H and O–H groups in total. The number of carbonyl (C=O) groups excluding carboxylic acids is 1. The molecule has 0 heterocycles. The molecule has 0 spiro atoms. The Kier molecular flexibility index (Phi) is 1.74. The molecule has 0 radical (unpaired) electrons. The van der Waals surface area contributed by atoms with Crippen molar-refractivity contribution >= 4 is 16.7 Å². The maximum Gasteiger partial charge on any atom is 0.549 e. The van der Waals surface area contributed by atoms with Crippen LogP contribution in [0, 0.1) is 0 Å². The van der Waals surface area contributed by atoms with Gasteiger partial charge in [0.1, 0.15) is 5.56 Å². The van der Waals surface area contributed by atoms with Crippen LogP contribution in [-0.2, 0) is 0 Å². The van der Waals surface area contributed by atoms with Gasteiger partial charge in [0.15, 0.2) is 0 Å². The molecule has 0 saturated carbocycles. The summed E-state index contributed by atoms with van der Waals surface area (Å²) >= 11 is 0. The lowest BCUT2D eigenvalue weighted by atomic mass is 10.1. The highest BCUT2D eigenvalue weighted by molar-refractivity contribution is 6.03. The molecule has 0 aromatic heterocycles. The van der Waals surface area contributed by atoms with E-state index in [9.17, 15) is 4.79 Å². The van der Waals surface area contributed by atoms with Gasteiger partial charge in [-0.25, -0.2) is 0 Å². The summed E-state index contributed by atoms with van der Waals surface area (Å²) in [5.74, 6) is -0.628. The van der Waals surface area contributed by atoms with Crippen LogP contribution in [0.3, 0.4) is 0 Å². The molecule has 0 aliphatic rings. The van der Waals surface area contributed by atoms with Crippen LogP contribution in [-0.4, -0.2) is 11.1 Å². The zero-order valence-electron chi connectivity index (χ0n) is 6.95. The summed E-state index contributed by atoms with van der Waals surface area (Å²) in [5, 5.41) is 8.91. The molecule has 0 saturated heterocycles. The van der Waals surface area contributed by atoms with E-state index < -0.39 is 5.97 Å². The Bertz CT molecular complexity index is 455.